The molecule has 2 heterocycles. The van der Waals surface area contributed by atoms with Crippen LogP contribution in [-0.4, -0.2) is 36.6 Å². The molecule has 134 valence electrons. The molecule has 26 heavy (non-hydrogen) atoms. The van der Waals surface area contributed by atoms with Crippen molar-refractivity contribution in [3.63, 3.8) is 0 Å². The lowest BCUT2D eigenvalue weighted by molar-refractivity contribution is 0.0935. The molecule has 6 nitrogen and oxygen atoms in total. The molecule has 0 saturated carbocycles. The number of nitrogens with zero attached hydrogens (tertiary/aromatic N) is 3. The van der Waals surface area contributed by atoms with Gasteiger partial charge in [-0.05, 0) is 37.6 Å². The Balaban J connectivity index is 1.68. The van der Waals surface area contributed by atoms with Crippen molar-refractivity contribution in [2.45, 2.75) is 25.4 Å². The summed E-state index contributed by atoms with van der Waals surface area (Å²) in [5.41, 5.74) is 1.90. The molecule has 0 spiro atoms. The molecule has 1 aromatic heterocycles. The van der Waals surface area contributed by atoms with Crippen molar-refractivity contribution in [3.05, 3.63) is 52.7 Å². The van der Waals surface area contributed by atoms with Gasteiger partial charge in [0.1, 0.15) is 6.07 Å². The lowest BCUT2D eigenvalue weighted by Crippen LogP contribution is -2.43. The normalized spacial score (nSPS) is 19.1. The third-order valence-corrected chi connectivity index (χ3v) is 5.00. The van der Waals surface area contributed by atoms with Crippen molar-refractivity contribution in [2.75, 3.05) is 18.6 Å². The molecule has 0 bridgehead atoms. The number of halogens is 1. The fraction of sp³-hybridized carbons (Fsp3) is 0.316. The first-order chi connectivity index (χ1) is 12.5. The molecular weight excluding hydrogens is 352 g/mol. The van der Waals surface area contributed by atoms with Crippen molar-refractivity contribution in [1.29, 1.82) is 5.26 Å². The average molecular weight is 371 g/mol. The van der Waals surface area contributed by atoms with Crippen LogP contribution in [0.5, 0.6) is 5.88 Å². The number of carbonyl (C=O) groups excluding carboxylic acids is 1. The first-order valence-corrected chi connectivity index (χ1v) is 8.68. The average Bonchev–Trinajstić information content (AvgIpc) is 3.02. The van der Waals surface area contributed by atoms with E-state index < -0.39 is 0 Å². The van der Waals surface area contributed by atoms with E-state index in [1.54, 1.807) is 24.3 Å². The number of nitrogens with one attached hydrogen (secondary N) is 1. The molecule has 0 radical (unpaired) electrons. The number of carbonyl (C=O) groups is 1. The van der Waals surface area contributed by atoms with Crippen molar-refractivity contribution >= 4 is 23.2 Å². The minimum atomic E-state index is -0.156. The Morgan fingerprint density at radius 3 is 2.85 bits per heavy atom. The topological polar surface area (TPSA) is 78.2 Å². The van der Waals surface area contributed by atoms with E-state index in [0.717, 1.165) is 18.7 Å². The molecule has 0 aliphatic carbocycles. The van der Waals surface area contributed by atoms with Crippen LogP contribution in [0, 0.1) is 11.3 Å². The van der Waals surface area contributed by atoms with E-state index >= 15 is 0 Å². The Morgan fingerprint density at radius 2 is 2.23 bits per heavy atom. The molecule has 2 atom stereocenters. The number of amides is 1. The van der Waals surface area contributed by atoms with Gasteiger partial charge in [-0.15, -0.1) is 0 Å². The Morgan fingerprint density at radius 1 is 1.42 bits per heavy atom. The first-order valence-electron chi connectivity index (χ1n) is 8.30. The first kappa shape index (κ1) is 18.0. The zero-order chi connectivity index (χ0) is 18.7. The van der Waals surface area contributed by atoms with Gasteiger partial charge >= 0.3 is 0 Å². The summed E-state index contributed by atoms with van der Waals surface area (Å²) in [7, 11) is 1.53. The predicted octanol–water partition coefficient (Wildman–Crippen LogP) is 3.01. The monoisotopic (exact) mass is 370 g/mol. The molecule has 1 fully saturated rings. The molecule has 1 aliphatic rings. The van der Waals surface area contributed by atoms with E-state index in [-0.39, 0.29) is 18.0 Å². The van der Waals surface area contributed by atoms with Gasteiger partial charge in [0.2, 0.25) is 5.88 Å². The second-order valence-electron chi connectivity index (χ2n) is 6.17. The zero-order valence-corrected chi connectivity index (χ0v) is 15.3. The smallest absolute Gasteiger partial charge is 0.253 e. The number of benzene rings is 1. The molecule has 0 unspecified atom stereocenters. The number of ether oxygens (including phenoxy) is 1. The number of rotatable bonds is 4. The molecular formula is C19H19ClN4O2. The van der Waals surface area contributed by atoms with Crippen LogP contribution in [0.2, 0.25) is 5.02 Å². The van der Waals surface area contributed by atoms with Crippen molar-refractivity contribution < 1.29 is 9.53 Å². The summed E-state index contributed by atoms with van der Waals surface area (Å²) in [5.74, 6) is 0.316. The predicted molar refractivity (Wildman–Crippen MR) is 99.6 cm³/mol. The highest BCUT2D eigenvalue weighted by atomic mass is 35.5. The van der Waals surface area contributed by atoms with Gasteiger partial charge in [0.05, 0.1) is 29.3 Å². The van der Waals surface area contributed by atoms with Gasteiger partial charge in [-0.25, -0.2) is 4.98 Å². The molecule has 2 aromatic rings. The zero-order valence-electron chi connectivity index (χ0n) is 14.6. The van der Waals surface area contributed by atoms with Crippen LogP contribution in [0.1, 0.15) is 29.3 Å². The number of nitriles is 1. The molecule has 3 rings (SSSR count). The summed E-state index contributed by atoms with van der Waals surface area (Å²) in [5, 5.41) is 12.5. The minimum Gasteiger partial charge on any atom is -0.481 e. The second-order valence-corrected chi connectivity index (χ2v) is 6.58. The molecule has 1 saturated heterocycles. The maximum atomic E-state index is 12.5. The van der Waals surface area contributed by atoms with Crippen LogP contribution in [0.15, 0.2) is 36.5 Å². The Hall–Kier alpha value is -2.78. The molecule has 1 aromatic carbocycles. The summed E-state index contributed by atoms with van der Waals surface area (Å²) in [4.78, 5) is 18.7. The van der Waals surface area contributed by atoms with Crippen molar-refractivity contribution in [1.82, 2.24) is 10.3 Å². The summed E-state index contributed by atoms with van der Waals surface area (Å²) < 4.78 is 5.01. The van der Waals surface area contributed by atoms with E-state index in [1.165, 1.54) is 13.3 Å². The Labute approximate surface area is 157 Å². The van der Waals surface area contributed by atoms with Crippen LogP contribution in [-0.2, 0) is 0 Å². The summed E-state index contributed by atoms with van der Waals surface area (Å²) in [6.07, 6.45) is 2.33. The number of hydrogen-bond acceptors (Lipinski definition) is 5. The summed E-state index contributed by atoms with van der Waals surface area (Å²) >= 11 is 6.15. The van der Waals surface area contributed by atoms with Crippen LogP contribution in [0.4, 0.5) is 5.69 Å². The van der Waals surface area contributed by atoms with Crippen LogP contribution >= 0.6 is 11.6 Å². The fourth-order valence-corrected chi connectivity index (χ4v) is 3.37. The highest BCUT2D eigenvalue weighted by Crippen LogP contribution is 2.29. The van der Waals surface area contributed by atoms with E-state index in [0.29, 0.717) is 22.0 Å². The Kier molecular flexibility index (Phi) is 5.29. The molecule has 1 N–H and O–H groups in total. The number of pyridine rings is 1. The third-order valence-electron chi connectivity index (χ3n) is 4.68. The number of aromatic nitrogens is 1. The maximum Gasteiger partial charge on any atom is 0.253 e. The lowest BCUT2D eigenvalue weighted by Gasteiger charge is -2.27. The van der Waals surface area contributed by atoms with Gasteiger partial charge in [-0.2, -0.15) is 5.26 Å². The minimum absolute atomic E-state index is 0.0130. The Bertz CT molecular complexity index is 848. The van der Waals surface area contributed by atoms with Gasteiger partial charge in [0, 0.05) is 30.5 Å². The lowest BCUT2D eigenvalue weighted by atomic mass is 10.1. The van der Waals surface area contributed by atoms with Crippen LogP contribution in [0.25, 0.3) is 0 Å². The number of anilines is 1. The van der Waals surface area contributed by atoms with Gasteiger partial charge in [0.25, 0.3) is 5.91 Å². The van der Waals surface area contributed by atoms with E-state index in [9.17, 15) is 4.79 Å². The van der Waals surface area contributed by atoms with Gasteiger partial charge in [-0.1, -0.05) is 11.6 Å². The van der Waals surface area contributed by atoms with E-state index in [1.807, 2.05) is 6.07 Å². The van der Waals surface area contributed by atoms with Gasteiger partial charge in [-0.3, -0.25) is 4.79 Å². The van der Waals surface area contributed by atoms with E-state index in [4.69, 9.17) is 21.6 Å². The second kappa shape index (κ2) is 7.63. The van der Waals surface area contributed by atoms with Gasteiger partial charge < -0.3 is 15.0 Å². The molecule has 7 heteroatoms. The third kappa shape index (κ3) is 3.58. The van der Waals surface area contributed by atoms with Crippen molar-refractivity contribution in [2.24, 2.45) is 0 Å². The van der Waals surface area contributed by atoms with Crippen LogP contribution < -0.4 is 15.0 Å². The quantitative estimate of drug-likeness (QED) is 0.895. The highest BCUT2D eigenvalue weighted by Gasteiger charge is 2.32. The fourth-order valence-electron chi connectivity index (χ4n) is 3.16. The summed E-state index contributed by atoms with van der Waals surface area (Å²) in [6.45, 7) is 2.87. The maximum absolute atomic E-state index is 12.5. The summed E-state index contributed by atoms with van der Waals surface area (Å²) in [6, 6.07) is 10.9. The van der Waals surface area contributed by atoms with E-state index in [2.05, 4.69) is 28.2 Å². The van der Waals surface area contributed by atoms with Crippen LogP contribution in [0.3, 0.4) is 0 Å². The standard InChI is InChI=1S/C19H19ClN4O2/c1-12-17(23-19(25)14-4-6-18(26-2)22-11-14)7-8-24(12)15-5-3-13(10-21)16(20)9-15/h3-6,9,11-12,17H,7-8H2,1-2H3,(H,23,25)/t12-,17-/m0/s1. The number of methoxy groups -OCH3 is 1. The number of hydrogen-bond donors (Lipinski definition) is 1. The SMILES string of the molecule is COc1ccc(C(=O)N[C@H]2CCN(c3ccc(C#N)c(Cl)c3)[C@H]2C)cn1. The largest absolute Gasteiger partial charge is 0.481 e. The van der Waals surface area contributed by atoms with Gasteiger partial charge in [0.15, 0.2) is 0 Å². The molecule has 1 amide bonds. The molecule has 1 aliphatic heterocycles. The highest BCUT2D eigenvalue weighted by molar-refractivity contribution is 6.32. The van der Waals surface area contributed by atoms with Crippen molar-refractivity contribution in [3.8, 4) is 11.9 Å².